The van der Waals surface area contributed by atoms with Crippen LogP contribution in [-0.2, 0) is 17.8 Å². The molecule has 0 saturated carbocycles. The first-order valence-corrected chi connectivity index (χ1v) is 7.01. The molecule has 6 nitrogen and oxygen atoms in total. The molecule has 1 atom stereocenters. The van der Waals surface area contributed by atoms with Crippen molar-refractivity contribution in [2.24, 2.45) is 0 Å². The van der Waals surface area contributed by atoms with Gasteiger partial charge in [-0.25, -0.2) is 9.59 Å². The summed E-state index contributed by atoms with van der Waals surface area (Å²) in [5, 5.41) is 9.02. The number of hydrogen-bond donors (Lipinski definition) is 1. The zero-order chi connectivity index (χ0) is 15.0. The molecule has 2 amide bonds. The molecule has 0 bridgehead atoms. The molecule has 1 aromatic carbocycles. The number of ether oxygens (including phenoxy) is 1. The SMILES string of the molecule is CN(C(=O)N1Cc2ccc(C(=O)O)cc2C1)C1CCOC1. The fourth-order valence-electron chi connectivity index (χ4n) is 2.87. The Bertz CT molecular complexity index is 581. The minimum Gasteiger partial charge on any atom is -0.478 e. The molecule has 1 unspecified atom stereocenters. The second kappa shape index (κ2) is 5.37. The van der Waals surface area contributed by atoms with Crippen LogP contribution in [0.15, 0.2) is 18.2 Å². The van der Waals surface area contributed by atoms with Gasteiger partial charge in [0, 0.05) is 26.7 Å². The summed E-state index contributed by atoms with van der Waals surface area (Å²) in [4.78, 5) is 27.0. The highest BCUT2D eigenvalue weighted by Gasteiger charge is 2.31. The molecule has 1 saturated heterocycles. The summed E-state index contributed by atoms with van der Waals surface area (Å²) in [6.45, 7) is 2.29. The van der Waals surface area contributed by atoms with Gasteiger partial charge in [0.15, 0.2) is 0 Å². The smallest absolute Gasteiger partial charge is 0.335 e. The van der Waals surface area contributed by atoms with Crippen molar-refractivity contribution >= 4 is 12.0 Å². The summed E-state index contributed by atoms with van der Waals surface area (Å²) in [5.41, 5.74) is 2.20. The Hall–Kier alpha value is -2.08. The standard InChI is InChI=1S/C15H18N2O4/c1-16(13-4-5-21-9-13)15(20)17-7-11-3-2-10(14(18)19)6-12(11)8-17/h2-3,6,13H,4-5,7-9H2,1H3,(H,18,19). The molecule has 2 aliphatic heterocycles. The maximum absolute atomic E-state index is 12.5. The lowest BCUT2D eigenvalue weighted by Crippen LogP contribution is -2.44. The van der Waals surface area contributed by atoms with Gasteiger partial charge in [-0.15, -0.1) is 0 Å². The van der Waals surface area contributed by atoms with Gasteiger partial charge in [-0.2, -0.15) is 0 Å². The largest absolute Gasteiger partial charge is 0.478 e. The number of rotatable bonds is 2. The molecule has 1 fully saturated rings. The number of urea groups is 1. The molecule has 0 aliphatic carbocycles. The average Bonchev–Trinajstić information content (AvgIpc) is 3.13. The second-order valence-electron chi connectivity index (χ2n) is 5.56. The van der Waals surface area contributed by atoms with Crippen LogP contribution in [0.2, 0.25) is 0 Å². The highest BCUT2D eigenvalue weighted by Crippen LogP contribution is 2.25. The van der Waals surface area contributed by atoms with Crippen LogP contribution in [0.1, 0.15) is 27.9 Å². The normalized spacial score (nSPS) is 20.4. The quantitative estimate of drug-likeness (QED) is 0.897. The fourth-order valence-corrected chi connectivity index (χ4v) is 2.87. The van der Waals surface area contributed by atoms with Crippen LogP contribution >= 0.6 is 0 Å². The van der Waals surface area contributed by atoms with Crippen LogP contribution in [-0.4, -0.2) is 53.2 Å². The Balaban J connectivity index is 1.71. The van der Waals surface area contributed by atoms with Gasteiger partial charge >= 0.3 is 12.0 Å². The predicted molar refractivity (Wildman–Crippen MR) is 75.0 cm³/mol. The third kappa shape index (κ3) is 2.58. The number of carbonyl (C=O) groups is 2. The Morgan fingerprint density at radius 1 is 1.33 bits per heavy atom. The second-order valence-corrected chi connectivity index (χ2v) is 5.56. The minimum atomic E-state index is -0.942. The van der Waals surface area contributed by atoms with Crippen molar-refractivity contribution in [2.45, 2.75) is 25.6 Å². The van der Waals surface area contributed by atoms with Crippen LogP contribution in [0.25, 0.3) is 0 Å². The van der Waals surface area contributed by atoms with Crippen LogP contribution < -0.4 is 0 Å². The number of benzene rings is 1. The molecular formula is C15H18N2O4. The van der Waals surface area contributed by atoms with E-state index in [1.807, 2.05) is 0 Å². The highest BCUT2D eigenvalue weighted by molar-refractivity contribution is 5.88. The molecule has 2 aliphatic rings. The highest BCUT2D eigenvalue weighted by atomic mass is 16.5. The summed E-state index contributed by atoms with van der Waals surface area (Å²) in [7, 11) is 1.80. The average molecular weight is 290 g/mol. The van der Waals surface area contributed by atoms with Crippen molar-refractivity contribution in [3.05, 3.63) is 34.9 Å². The predicted octanol–water partition coefficient (Wildman–Crippen LogP) is 1.54. The van der Waals surface area contributed by atoms with E-state index < -0.39 is 5.97 Å². The van der Waals surface area contributed by atoms with Crippen molar-refractivity contribution < 1.29 is 19.4 Å². The van der Waals surface area contributed by atoms with E-state index in [4.69, 9.17) is 9.84 Å². The maximum Gasteiger partial charge on any atom is 0.335 e. The molecular weight excluding hydrogens is 272 g/mol. The Labute approximate surface area is 122 Å². The molecule has 2 heterocycles. The van der Waals surface area contributed by atoms with E-state index >= 15 is 0 Å². The van der Waals surface area contributed by atoms with Gasteiger partial charge < -0.3 is 19.6 Å². The lowest BCUT2D eigenvalue weighted by Gasteiger charge is -2.28. The zero-order valence-electron chi connectivity index (χ0n) is 11.9. The molecule has 112 valence electrons. The number of hydrogen-bond acceptors (Lipinski definition) is 3. The van der Waals surface area contributed by atoms with E-state index in [9.17, 15) is 9.59 Å². The molecule has 0 radical (unpaired) electrons. The number of carbonyl (C=O) groups excluding carboxylic acids is 1. The number of fused-ring (bicyclic) bond motifs is 1. The molecule has 1 aromatic rings. The van der Waals surface area contributed by atoms with Crippen molar-refractivity contribution in [1.29, 1.82) is 0 Å². The Kier molecular flexibility index (Phi) is 3.55. The number of likely N-dealkylation sites (N-methyl/N-ethyl adjacent to an activating group) is 1. The van der Waals surface area contributed by atoms with Crippen molar-refractivity contribution in [2.75, 3.05) is 20.3 Å². The number of amides is 2. The van der Waals surface area contributed by atoms with Crippen molar-refractivity contribution in [1.82, 2.24) is 9.80 Å². The van der Waals surface area contributed by atoms with Gasteiger partial charge in [0.1, 0.15) is 0 Å². The molecule has 21 heavy (non-hydrogen) atoms. The van der Waals surface area contributed by atoms with Gasteiger partial charge in [-0.05, 0) is 29.7 Å². The first kappa shape index (κ1) is 13.9. The van der Waals surface area contributed by atoms with Crippen molar-refractivity contribution in [3.63, 3.8) is 0 Å². The lowest BCUT2D eigenvalue weighted by atomic mass is 10.1. The number of aromatic carboxylic acids is 1. The van der Waals surface area contributed by atoms with E-state index in [-0.39, 0.29) is 17.6 Å². The summed E-state index contributed by atoms with van der Waals surface area (Å²) in [5.74, 6) is -0.942. The monoisotopic (exact) mass is 290 g/mol. The molecule has 3 rings (SSSR count). The van der Waals surface area contributed by atoms with Gasteiger partial charge in [-0.1, -0.05) is 6.07 Å². The number of carboxylic acids is 1. The Morgan fingerprint density at radius 3 is 2.76 bits per heavy atom. The van der Waals surface area contributed by atoms with E-state index in [2.05, 4.69) is 0 Å². The van der Waals surface area contributed by atoms with Crippen molar-refractivity contribution in [3.8, 4) is 0 Å². The van der Waals surface area contributed by atoms with E-state index in [0.29, 0.717) is 26.3 Å². The molecule has 1 N–H and O–H groups in total. The summed E-state index contributed by atoms with van der Waals surface area (Å²) >= 11 is 0. The van der Waals surface area contributed by atoms with Gasteiger partial charge in [0.2, 0.25) is 0 Å². The number of nitrogens with zero attached hydrogens (tertiary/aromatic N) is 2. The summed E-state index contributed by atoms with van der Waals surface area (Å²) in [6, 6.07) is 5.15. The van der Waals surface area contributed by atoms with Crippen LogP contribution in [0.4, 0.5) is 4.79 Å². The van der Waals surface area contributed by atoms with E-state index in [1.54, 1.807) is 35.0 Å². The van der Waals surface area contributed by atoms with Crippen LogP contribution in [0, 0.1) is 0 Å². The number of carboxylic acid groups (broad SMARTS) is 1. The molecule has 0 spiro atoms. The first-order chi connectivity index (χ1) is 10.1. The third-order valence-electron chi connectivity index (χ3n) is 4.20. The zero-order valence-corrected chi connectivity index (χ0v) is 11.9. The van der Waals surface area contributed by atoms with Crippen LogP contribution in [0.5, 0.6) is 0 Å². The minimum absolute atomic E-state index is 0.0291. The lowest BCUT2D eigenvalue weighted by molar-refractivity contribution is 0.0696. The third-order valence-corrected chi connectivity index (χ3v) is 4.20. The first-order valence-electron chi connectivity index (χ1n) is 7.01. The van der Waals surface area contributed by atoms with Gasteiger partial charge in [0.05, 0.1) is 18.2 Å². The van der Waals surface area contributed by atoms with Gasteiger partial charge in [-0.3, -0.25) is 0 Å². The topological polar surface area (TPSA) is 70.1 Å². The molecule has 0 aromatic heterocycles. The van der Waals surface area contributed by atoms with Crippen LogP contribution in [0.3, 0.4) is 0 Å². The molecule has 6 heteroatoms. The maximum atomic E-state index is 12.5. The van der Waals surface area contributed by atoms with E-state index in [0.717, 1.165) is 17.5 Å². The summed E-state index contributed by atoms with van der Waals surface area (Å²) in [6.07, 6.45) is 0.867. The van der Waals surface area contributed by atoms with E-state index in [1.165, 1.54) is 0 Å². The van der Waals surface area contributed by atoms with Gasteiger partial charge in [0.25, 0.3) is 0 Å². The Morgan fingerprint density at radius 2 is 2.10 bits per heavy atom. The fraction of sp³-hybridized carbons (Fsp3) is 0.467. The summed E-state index contributed by atoms with van der Waals surface area (Å²) < 4.78 is 5.32.